The fourth-order valence-electron chi connectivity index (χ4n) is 3.64. The second-order valence-electron chi connectivity index (χ2n) is 6.47. The summed E-state index contributed by atoms with van der Waals surface area (Å²) >= 11 is 0. The van der Waals surface area contributed by atoms with Gasteiger partial charge in [-0.05, 0) is 52.4 Å². The molecule has 3 aromatic carbocycles. The van der Waals surface area contributed by atoms with E-state index in [1.807, 2.05) is 0 Å². The summed E-state index contributed by atoms with van der Waals surface area (Å²) in [6, 6.07) is 21.6. The molecule has 2 nitrogen and oxygen atoms in total. The minimum absolute atomic E-state index is 0.343. The molecule has 3 aromatic rings. The predicted octanol–water partition coefficient (Wildman–Crippen LogP) is 4.63. The third kappa shape index (κ3) is 3.24. The molecule has 1 aliphatic rings. The van der Waals surface area contributed by atoms with Gasteiger partial charge in [0, 0.05) is 6.04 Å². The van der Waals surface area contributed by atoms with E-state index in [0.717, 1.165) is 18.6 Å². The Bertz CT molecular complexity index is 938. The number of nitrogens with one attached hydrogen (secondary N) is 1. The summed E-state index contributed by atoms with van der Waals surface area (Å²) < 4.78 is 6.17. The molecule has 2 heteroatoms. The highest BCUT2D eigenvalue weighted by molar-refractivity contribution is 5.82. The highest BCUT2D eigenvalue weighted by Crippen LogP contribution is 2.37. The van der Waals surface area contributed by atoms with Crippen LogP contribution in [0.2, 0.25) is 0 Å². The number of benzene rings is 3. The van der Waals surface area contributed by atoms with Gasteiger partial charge in [-0.15, -0.1) is 6.42 Å². The predicted molar refractivity (Wildman–Crippen MR) is 103 cm³/mol. The normalized spacial score (nSPS) is 15.7. The maximum atomic E-state index is 6.17. The van der Waals surface area contributed by atoms with Crippen molar-refractivity contribution in [2.45, 2.75) is 25.5 Å². The molecule has 1 aliphatic carbocycles. The van der Waals surface area contributed by atoms with Crippen LogP contribution in [0.4, 0.5) is 0 Å². The molecular weight excluding hydrogens is 306 g/mol. The van der Waals surface area contributed by atoms with Crippen LogP contribution in [0.3, 0.4) is 0 Å². The van der Waals surface area contributed by atoms with Crippen LogP contribution in [-0.4, -0.2) is 6.54 Å². The Balaban J connectivity index is 1.51. The summed E-state index contributed by atoms with van der Waals surface area (Å²) in [6.45, 7) is 1.19. The molecular formula is C23H21NO. The molecule has 0 radical (unpaired) electrons. The SMILES string of the molecule is C#CCNC1CCc2c(OCc3ccc4ccccc4c3)cccc21. The third-order valence-corrected chi connectivity index (χ3v) is 4.89. The molecule has 1 N–H and O–H groups in total. The first kappa shape index (κ1) is 15.7. The van der Waals surface area contributed by atoms with Crippen LogP contribution in [0.15, 0.2) is 60.7 Å². The van der Waals surface area contributed by atoms with Gasteiger partial charge in [0.25, 0.3) is 0 Å². The van der Waals surface area contributed by atoms with Crippen molar-refractivity contribution < 1.29 is 4.74 Å². The highest BCUT2D eigenvalue weighted by atomic mass is 16.5. The van der Waals surface area contributed by atoms with Crippen molar-refractivity contribution in [1.29, 1.82) is 0 Å². The first-order valence-corrected chi connectivity index (χ1v) is 8.74. The van der Waals surface area contributed by atoms with Crippen LogP contribution >= 0.6 is 0 Å². The lowest BCUT2D eigenvalue weighted by atomic mass is 10.1. The third-order valence-electron chi connectivity index (χ3n) is 4.89. The van der Waals surface area contributed by atoms with Crippen LogP contribution in [-0.2, 0) is 13.0 Å². The first-order chi connectivity index (χ1) is 12.3. The van der Waals surface area contributed by atoms with Crippen LogP contribution in [0.25, 0.3) is 10.8 Å². The van der Waals surface area contributed by atoms with E-state index in [4.69, 9.17) is 11.2 Å². The molecule has 1 atom stereocenters. The quantitative estimate of drug-likeness (QED) is 0.690. The Kier molecular flexibility index (Phi) is 4.41. The topological polar surface area (TPSA) is 21.3 Å². The van der Waals surface area contributed by atoms with Gasteiger partial charge >= 0.3 is 0 Å². The number of ether oxygens (including phenoxy) is 1. The molecule has 4 rings (SSSR count). The number of fused-ring (bicyclic) bond motifs is 2. The molecule has 0 saturated heterocycles. The van der Waals surface area contributed by atoms with Crippen molar-refractivity contribution in [3.05, 3.63) is 77.4 Å². The van der Waals surface area contributed by atoms with Gasteiger partial charge in [-0.1, -0.05) is 54.5 Å². The van der Waals surface area contributed by atoms with Crippen LogP contribution in [0, 0.1) is 12.3 Å². The molecule has 0 aliphatic heterocycles. The van der Waals surface area contributed by atoms with Gasteiger partial charge in [0.1, 0.15) is 12.4 Å². The van der Waals surface area contributed by atoms with Crippen molar-refractivity contribution in [2.75, 3.05) is 6.54 Å². The van der Waals surface area contributed by atoms with E-state index in [-0.39, 0.29) is 0 Å². The monoisotopic (exact) mass is 327 g/mol. The number of terminal acetylenes is 1. The van der Waals surface area contributed by atoms with E-state index in [1.54, 1.807) is 0 Å². The average Bonchev–Trinajstić information content (AvgIpc) is 3.08. The zero-order valence-corrected chi connectivity index (χ0v) is 14.2. The number of rotatable bonds is 5. The lowest BCUT2D eigenvalue weighted by Crippen LogP contribution is -2.19. The zero-order valence-electron chi connectivity index (χ0n) is 14.2. The standard InChI is InChI=1S/C23H21NO/c1-2-14-24-22-13-12-21-20(22)8-5-9-23(21)25-16-17-10-11-18-6-3-4-7-19(18)15-17/h1,3-11,15,22,24H,12-14,16H2. The van der Waals surface area contributed by atoms with Crippen molar-refractivity contribution in [3.63, 3.8) is 0 Å². The van der Waals surface area contributed by atoms with Gasteiger partial charge in [-0.2, -0.15) is 0 Å². The van der Waals surface area contributed by atoms with Gasteiger partial charge in [-0.25, -0.2) is 0 Å². The van der Waals surface area contributed by atoms with E-state index in [0.29, 0.717) is 19.2 Å². The van der Waals surface area contributed by atoms with Gasteiger partial charge in [0.05, 0.1) is 6.54 Å². The van der Waals surface area contributed by atoms with E-state index >= 15 is 0 Å². The minimum Gasteiger partial charge on any atom is -0.489 e. The summed E-state index contributed by atoms with van der Waals surface area (Å²) in [5.41, 5.74) is 3.83. The average molecular weight is 327 g/mol. The lowest BCUT2D eigenvalue weighted by molar-refractivity contribution is 0.303. The zero-order chi connectivity index (χ0) is 17.1. The Morgan fingerprint density at radius 1 is 1.04 bits per heavy atom. The molecule has 0 fully saturated rings. The largest absolute Gasteiger partial charge is 0.489 e. The van der Waals surface area contributed by atoms with Gasteiger partial charge in [0.15, 0.2) is 0 Å². The van der Waals surface area contributed by atoms with Crippen LogP contribution in [0.1, 0.15) is 29.2 Å². The maximum Gasteiger partial charge on any atom is 0.123 e. The molecule has 25 heavy (non-hydrogen) atoms. The fourth-order valence-corrected chi connectivity index (χ4v) is 3.64. The first-order valence-electron chi connectivity index (χ1n) is 8.74. The summed E-state index contributed by atoms with van der Waals surface area (Å²) in [4.78, 5) is 0. The van der Waals surface area contributed by atoms with Crippen molar-refractivity contribution in [3.8, 4) is 18.1 Å². The Labute approximate surface area is 148 Å². The molecule has 0 amide bonds. The lowest BCUT2D eigenvalue weighted by Gasteiger charge is -2.14. The second kappa shape index (κ2) is 7.01. The van der Waals surface area contributed by atoms with Gasteiger partial charge < -0.3 is 4.74 Å². The molecule has 0 bridgehead atoms. The number of hydrogen-bond donors (Lipinski definition) is 1. The van der Waals surface area contributed by atoms with E-state index in [1.165, 1.54) is 27.5 Å². The Morgan fingerprint density at radius 2 is 1.92 bits per heavy atom. The summed E-state index contributed by atoms with van der Waals surface area (Å²) in [7, 11) is 0. The Hall–Kier alpha value is -2.76. The number of hydrogen-bond acceptors (Lipinski definition) is 2. The summed E-state index contributed by atoms with van der Waals surface area (Å²) in [5.74, 6) is 3.65. The summed E-state index contributed by atoms with van der Waals surface area (Å²) in [6.07, 6.45) is 7.48. The van der Waals surface area contributed by atoms with Gasteiger partial charge in [-0.3, -0.25) is 5.32 Å². The molecule has 0 heterocycles. The molecule has 0 spiro atoms. The second-order valence-corrected chi connectivity index (χ2v) is 6.47. The smallest absolute Gasteiger partial charge is 0.123 e. The van der Waals surface area contributed by atoms with Crippen molar-refractivity contribution in [1.82, 2.24) is 5.32 Å². The van der Waals surface area contributed by atoms with Crippen molar-refractivity contribution >= 4 is 10.8 Å². The Morgan fingerprint density at radius 3 is 2.80 bits per heavy atom. The van der Waals surface area contributed by atoms with E-state index in [9.17, 15) is 0 Å². The fraction of sp³-hybridized carbons (Fsp3) is 0.217. The molecule has 1 unspecified atom stereocenters. The minimum atomic E-state index is 0.343. The van der Waals surface area contributed by atoms with E-state index in [2.05, 4.69) is 71.9 Å². The maximum absolute atomic E-state index is 6.17. The van der Waals surface area contributed by atoms with E-state index < -0.39 is 0 Å². The molecule has 124 valence electrons. The van der Waals surface area contributed by atoms with Crippen LogP contribution < -0.4 is 10.1 Å². The molecule has 0 saturated carbocycles. The summed E-state index contributed by atoms with van der Waals surface area (Å²) in [5, 5.41) is 5.93. The van der Waals surface area contributed by atoms with Crippen molar-refractivity contribution in [2.24, 2.45) is 0 Å². The van der Waals surface area contributed by atoms with Crippen LogP contribution in [0.5, 0.6) is 5.75 Å². The highest BCUT2D eigenvalue weighted by Gasteiger charge is 2.24. The van der Waals surface area contributed by atoms with Gasteiger partial charge in [0.2, 0.25) is 0 Å². The molecule has 0 aromatic heterocycles.